The van der Waals surface area contributed by atoms with E-state index in [4.69, 9.17) is 4.74 Å². The molecule has 0 aromatic rings. The third-order valence-electron chi connectivity index (χ3n) is 1.83. The molecule has 1 aliphatic rings. The van der Waals surface area contributed by atoms with Crippen LogP contribution in [-0.2, 0) is 4.74 Å². The summed E-state index contributed by atoms with van der Waals surface area (Å²) in [5, 5.41) is 0. The largest absolute Gasteiger partial charge is 0.381 e. The molecule has 48 valence electrons. The van der Waals surface area contributed by atoms with Crippen LogP contribution in [0.1, 0.15) is 12.8 Å². The maximum absolute atomic E-state index is 5.31. The maximum Gasteiger partial charge on any atom is 0.0466 e. The lowest BCUT2D eigenvalue weighted by Gasteiger charge is -2.19. The monoisotopic (exact) mass is 130 g/mol. The first kappa shape index (κ1) is 6.30. The number of rotatable bonds is 1. The van der Waals surface area contributed by atoms with Crippen LogP contribution in [0.3, 0.4) is 0 Å². The fourth-order valence-corrected chi connectivity index (χ4v) is 2.23. The molecule has 0 aliphatic carbocycles. The molecule has 0 aromatic carbocycles. The van der Waals surface area contributed by atoms with Gasteiger partial charge in [0.25, 0.3) is 0 Å². The van der Waals surface area contributed by atoms with E-state index in [1.54, 1.807) is 0 Å². The summed E-state index contributed by atoms with van der Waals surface area (Å²) >= 11 is 0. The summed E-state index contributed by atoms with van der Waals surface area (Å²) in [5.41, 5.74) is 1.00. The molecule has 1 nitrogen and oxygen atoms in total. The van der Waals surface area contributed by atoms with Gasteiger partial charge in [-0.25, -0.2) is 0 Å². The van der Waals surface area contributed by atoms with Crippen LogP contribution in [0.15, 0.2) is 0 Å². The molecule has 1 atom stereocenters. The average molecular weight is 130 g/mol. The van der Waals surface area contributed by atoms with Crippen LogP contribution in [0.4, 0.5) is 0 Å². The minimum absolute atomic E-state index is 0.243. The topological polar surface area (TPSA) is 9.23 Å². The van der Waals surface area contributed by atoms with E-state index in [-0.39, 0.29) is 9.52 Å². The Morgan fingerprint density at radius 2 is 2.50 bits per heavy atom. The predicted octanol–water partition coefficient (Wildman–Crippen LogP) is 0.802. The van der Waals surface area contributed by atoms with Crippen molar-refractivity contribution in [3.63, 3.8) is 0 Å². The number of hydrogen-bond acceptors (Lipinski definition) is 1. The van der Waals surface area contributed by atoms with E-state index in [1.807, 2.05) is 0 Å². The van der Waals surface area contributed by atoms with E-state index in [0.717, 1.165) is 18.8 Å². The van der Waals surface area contributed by atoms with Crippen molar-refractivity contribution >= 4 is 9.52 Å². The predicted molar refractivity (Wildman–Crippen MR) is 38.2 cm³/mol. The quantitative estimate of drug-likeness (QED) is 0.477. The highest BCUT2D eigenvalue weighted by Crippen LogP contribution is 2.16. The van der Waals surface area contributed by atoms with Gasteiger partial charge in [0.1, 0.15) is 0 Å². The summed E-state index contributed by atoms with van der Waals surface area (Å²) in [6, 6.07) is 0. The SMILES string of the molecule is C[SiH2]C1CCCOC1. The highest BCUT2D eigenvalue weighted by molar-refractivity contribution is 6.35. The molecule has 2 heteroatoms. The molecule has 0 amide bonds. The van der Waals surface area contributed by atoms with E-state index in [0.29, 0.717) is 0 Å². The van der Waals surface area contributed by atoms with Gasteiger partial charge < -0.3 is 4.74 Å². The zero-order valence-corrected chi connectivity index (χ0v) is 6.94. The van der Waals surface area contributed by atoms with Gasteiger partial charge >= 0.3 is 0 Å². The van der Waals surface area contributed by atoms with Crippen molar-refractivity contribution in [2.45, 2.75) is 24.9 Å². The van der Waals surface area contributed by atoms with Crippen LogP contribution < -0.4 is 0 Å². The molecule has 0 spiro atoms. The third-order valence-corrected chi connectivity index (χ3v) is 3.63. The third kappa shape index (κ3) is 1.60. The van der Waals surface area contributed by atoms with Gasteiger partial charge in [-0.05, 0) is 18.4 Å². The van der Waals surface area contributed by atoms with Gasteiger partial charge in [-0.1, -0.05) is 6.55 Å². The number of hydrogen-bond donors (Lipinski definition) is 0. The maximum atomic E-state index is 5.31. The molecule has 1 unspecified atom stereocenters. The summed E-state index contributed by atoms with van der Waals surface area (Å²) in [4.78, 5) is 0. The lowest BCUT2D eigenvalue weighted by molar-refractivity contribution is 0.0968. The fraction of sp³-hybridized carbons (Fsp3) is 1.00. The van der Waals surface area contributed by atoms with Crippen LogP contribution in [0.5, 0.6) is 0 Å². The zero-order valence-electron chi connectivity index (χ0n) is 5.52. The summed E-state index contributed by atoms with van der Waals surface area (Å²) in [6.07, 6.45) is 2.76. The van der Waals surface area contributed by atoms with E-state index >= 15 is 0 Å². The van der Waals surface area contributed by atoms with Crippen molar-refractivity contribution in [3.05, 3.63) is 0 Å². The fourth-order valence-electron chi connectivity index (χ4n) is 1.13. The molecular formula is C6H14OSi. The minimum atomic E-state index is 0.243. The highest BCUT2D eigenvalue weighted by atomic mass is 28.2. The lowest BCUT2D eigenvalue weighted by Crippen LogP contribution is -2.15. The Balaban J connectivity index is 2.13. The Morgan fingerprint density at radius 1 is 1.62 bits per heavy atom. The summed E-state index contributed by atoms with van der Waals surface area (Å²) in [7, 11) is 0.243. The van der Waals surface area contributed by atoms with Gasteiger partial charge in [0.15, 0.2) is 0 Å². The lowest BCUT2D eigenvalue weighted by atomic mass is 10.2. The minimum Gasteiger partial charge on any atom is -0.381 e. The first-order chi connectivity index (χ1) is 3.93. The molecular weight excluding hydrogens is 116 g/mol. The molecule has 1 rings (SSSR count). The van der Waals surface area contributed by atoms with E-state index in [9.17, 15) is 0 Å². The molecule has 0 aromatic heterocycles. The van der Waals surface area contributed by atoms with Gasteiger partial charge in [-0.2, -0.15) is 0 Å². The van der Waals surface area contributed by atoms with Crippen molar-refractivity contribution in [3.8, 4) is 0 Å². The van der Waals surface area contributed by atoms with E-state index in [2.05, 4.69) is 6.55 Å². The second-order valence-corrected chi connectivity index (χ2v) is 4.46. The molecule has 1 aliphatic heterocycles. The van der Waals surface area contributed by atoms with Crippen molar-refractivity contribution in [2.24, 2.45) is 0 Å². The van der Waals surface area contributed by atoms with Crippen molar-refractivity contribution in [1.82, 2.24) is 0 Å². The highest BCUT2D eigenvalue weighted by Gasteiger charge is 2.10. The average Bonchev–Trinajstić information content (AvgIpc) is 1.90. The van der Waals surface area contributed by atoms with Gasteiger partial charge in [0.2, 0.25) is 0 Å². The smallest absolute Gasteiger partial charge is 0.0466 e. The van der Waals surface area contributed by atoms with Crippen molar-refractivity contribution < 1.29 is 4.74 Å². The van der Waals surface area contributed by atoms with Crippen LogP contribution in [0, 0.1) is 0 Å². The van der Waals surface area contributed by atoms with E-state index < -0.39 is 0 Å². The Morgan fingerprint density at radius 3 is 2.88 bits per heavy atom. The van der Waals surface area contributed by atoms with Crippen LogP contribution in [0.2, 0.25) is 12.1 Å². The summed E-state index contributed by atoms with van der Waals surface area (Å²) in [6.45, 7) is 4.47. The van der Waals surface area contributed by atoms with Crippen molar-refractivity contribution in [2.75, 3.05) is 13.2 Å². The van der Waals surface area contributed by atoms with E-state index in [1.165, 1.54) is 12.8 Å². The van der Waals surface area contributed by atoms with Gasteiger partial charge in [0, 0.05) is 22.7 Å². The van der Waals surface area contributed by atoms with Crippen molar-refractivity contribution in [1.29, 1.82) is 0 Å². The molecule has 0 saturated carbocycles. The molecule has 1 fully saturated rings. The Bertz CT molecular complexity index is 59.5. The van der Waals surface area contributed by atoms with Crippen LogP contribution in [-0.4, -0.2) is 22.7 Å². The summed E-state index contributed by atoms with van der Waals surface area (Å²) in [5.74, 6) is 0. The Kier molecular flexibility index (Phi) is 2.56. The van der Waals surface area contributed by atoms with Gasteiger partial charge in [-0.15, -0.1) is 0 Å². The molecule has 0 bridgehead atoms. The Labute approximate surface area is 53.2 Å². The standard InChI is InChI=1S/C6H14OSi/c1-8-6-3-2-4-7-5-6/h6H,2-5,8H2,1H3. The number of ether oxygens (including phenoxy) is 1. The molecule has 8 heavy (non-hydrogen) atoms. The molecule has 0 N–H and O–H groups in total. The molecule has 0 radical (unpaired) electrons. The molecule has 1 heterocycles. The van der Waals surface area contributed by atoms with Gasteiger partial charge in [-0.3, -0.25) is 0 Å². The second kappa shape index (κ2) is 3.25. The zero-order chi connectivity index (χ0) is 5.82. The van der Waals surface area contributed by atoms with Crippen LogP contribution >= 0.6 is 0 Å². The first-order valence-corrected chi connectivity index (χ1v) is 5.74. The van der Waals surface area contributed by atoms with Crippen LogP contribution in [0.25, 0.3) is 0 Å². The Hall–Kier alpha value is 0.177. The van der Waals surface area contributed by atoms with Gasteiger partial charge in [0.05, 0.1) is 0 Å². The summed E-state index contributed by atoms with van der Waals surface area (Å²) < 4.78 is 5.31. The first-order valence-electron chi connectivity index (χ1n) is 3.51. The normalized spacial score (nSPS) is 31.9. The molecule has 1 saturated heterocycles. The second-order valence-electron chi connectivity index (χ2n) is 2.49.